The van der Waals surface area contributed by atoms with Gasteiger partial charge in [-0.05, 0) is 25.0 Å². The maximum atomic E-state index is 12.0. The van der Waals surface area contributed by atoms with E-state index in [0.717, 1.165) is 12.0 Å². The maximum Gasteiger partial charge on any atom is 0.271 e. The van der Waals surface area contributed by atoms with Crippen LogP contribution in [0.15, 0.2) is 47.3 Å². The predicted molar refractivity (Wildman–Crippen MR) is 81.3 cm³/mol. The van der Waals surface area contributed by atoms with E-state index in [-0.39, 0.29) is 23.2 Å². The van der Waals surface area contributed by atoms with E-state index < -0.39 is 0 Å². The number of nitrogens with one attached hydrogen (secondary N) is 1. The normalized spacial score (nSPS) is 11.9. The van der Waals surface area contributed by atoms with Crippen molar-refractivity contribution < 1.29 is 4.79 Å². The van der Waals surface area contributed by atoms with Gasteiger partial charge in [0.2, 0.25) is 0 Å². The summed E-state index contributed by atoms with van der Waals surface area (Å²) in [6.07, 6.45) is 0.843. The molecule has 0 aliphatic carbocycles. The second-order valence-corrected chi connectivity index (χ2v) is 4.98. The molecular formula is C16H19N3O2. The number of nitrogens with zero attached hydrogens (tertiary/aromatic N) is 2. The fourth-order valence-corrected chi connectivity index (χ4v) is 1.84. The molecule has 0 bridgehead atoms. The van der Waals surface area contributed by atoms with E-state index in [1.807, 2.05) is 44.2 Å². The molecule has 0 spiro atoms. The maximum absolute atomic E-state index is 12.0. The topological polar surface area (TPSA) is 64.0 Å². The zero-order chi connectivity index (χ0) is 15.2. The average Bonchev–Trinajstić information content (AvgIpc) is 2.50. The minimum Gasteiger partial charge on any atom is -0.348 e. The third-order valence-electron chi connectivity index (χ3n) is 3.26. The number of amides is 1. The van der Waals surface area contributed by atoms with Crippen LogP contribution in [0.1, 0.15) is 36.3 Å². The smallest absolute Gasteiger partial charge is 0.271 e. The quantitative estimate of drug-likeness (QED) is 0.911. The molecule has 2 rings (SSSR count). The molecule has 1 unspecified atom stereocenters. The minimum absolute atomic E-state index is 0.0776. The summed E-state index contributed by atoms with van der Waals surface area (Å²) in [5.41, 5.74) is 0.997. The van der Waals surface area contributed by atoms with Crippen molar-refractivity contribution >= 4 is 5.91 Å². The molecule has 2 aromatic rings. The van der Waals surface area contributed by atoms with Crippen LogP contribution in [0.2, 0.25) is 0 Å². The standard InChI is InChI=1S/C16H19N3O2/c1-3-12(2)17-16(21)14-9-10-15(20)19(18-14)11-13-7-5-4-6-8-13/h4-10,12H,3,11H2,1-2H3,(H,17,21). The number of benzene rings is 1. The molecule has 110 valence electrons. The van der Waals surface area contributed by atoms with Crippen LogP contribution in [0.3, 0.4) is 0 Å². The van der Waals surface area contributed by atoms with Crippen molar-refractivity contribution in [3.05, 3.63) is 64.1 Å². The first kappa shape index (κ1) is 15.0. The Labute approximate surface area is 123 Å². The second kappa shape index (κ2) is 6.83. The molecule has 5 nitrogen and oxygen atoms in total. The van der Waals surface area contributed by atoms with Crippen LogP contribution in [0, 0.1) is 0 Å². The van der Waals surface area contributed by atoms with E-state index in [4.69, 9.17) is 0 Å². The monoisotopic (exact) mass is 285 g/mol. The van der Waals surface area contributed by atoms with Crippen LogP contribution in [0.25, 0.3) is 0 Å². The summed E-state index contributed by atoms with van der Waals surface area (Å²) in [5, 5.41) is 6.99. The highest BCUT2D eigenvalue weighted by Gasteiger charge is 2.11. The molecule has 21 heavy (non-hydrogen) atoms. The lowest BCUT2D eigenvalue weighted by Crippen LogP contribution is -2.34. The summed E-state index contributed by atoms with van der Waals surface area (Å²) in [6.45, 7) is 4.27. The van der Waals surface area contributed by atoms with Gasteiger partial charge >= 0.3 is 0 Å². The van der Waals surface area contributed by atoms with Crippen molar-refractivity contribution in [2.45, 2.75) is 32.9 Å². The zero-order valence-electron chi connectivity index (χ0n) is 12.2. The summed E-state index contributed by atoms with van der Waals surface area (Å²) >= 11 is 0. The second-order valence-electron chi connectivity index (χ2n) is 4.98. The molecule has 1 heterocycles. The van der Waals surface area contributed by atoms with Crippen molar-refractivity contribution in [1.82, 2.24) is 15.1 Å². The summed E-state index contributed by atoms with van der Waals surface area (Å²) in [5.74, 6) is -0.258. The summed E-state index contributed by atoms with van der Waals surface area (Å²) in [4.78, 5) is 23.9. The van der Waals surface area contributed by atoms with Gasteiger partial charge in [0.15, 0.2) is 0 Å². The highest BCUT2D eigenvalue weighted by Crippen LogP contribution is 2.00. The molecule has 1 aromatic carbocycles. The largest absolute Gasteiger partial charge is 0.348 e. The van der Waals surface area contributed by atoms with Crippen molar-refractivity contribution in [2.75, 3.05) is 0 Å². The van der Waals surface area contributed by atoms with Gasteiger partial charge in [-0.3, -0.25) is 9.59 Å². The van der Waals surface area contributed by atoms with Gasteiger partial charge in [-0.15, -0.1) is 0 Å². The average molecular weight is 285 g/mol. The van der Waals surface area contributed by atoms with E-state index in [0.29, 0.717) is 6.54 Å². The molecule has 1 amide bonds. The van der Waals surface area contributed by atoms with Crippen LogP contribution in [0.4, 0.5) is 0 Å². The Balaban J connectivity index is 2.21. The number of carbonyl (C=O) groups excluding carboxylic acids is 1. The lowest BCUT2D eigenvalue weighted by molar-refractivity contribution is 0.0931. The third-order valence-corrected chi connectivity index (χ3v) is 3.26. The van der Waals surface area contributed by atoms with Crippen LogP contribution in [-0.2, 0) is 6.54 Å². The molecule has 0 aliphatic rings. The Bertz CT molecular complexity index is 665. The predicted octanol–water partition coefficient (Wildman–Crippen LogP) is 1.82. The SMILES string of the molecule is CCC(C)NC(=O)c1ccc(=O)n(Cc2ccccc2)n1. The Kier molecular flexibility index (Phi) is 4.87. The molecular weight excluding hydrogens is 266 g/mol. The van der Waals surface area contributed by atoms with Gasteiger partial charge in [-0.1, -0.05) is 37.3 Å². The summed E-state index contributed by atoms with van der Waals surface area (Å²) in [7, 11) is 0. The first-order valence-electron chi connectivity index (χ1n) is 7.03. The molecule has 0 saturated heterocycles. The van der Waals surface area contributed by atoms with Crippen LogP contribution >= 0.6 is 0 Å². The van der Waals surface area contributed by atoms with Crippen molar-refractivity contribution in [3.63, 3.8) is 0 Å². The van der Waals surface area contributed by atoms with E-state index >= 15 is 0 Å². The van der Waals surface area contributed by atoms with Crippen LogP contribution < -0.4 is 10.9 Å². The fourth-order valence-electron chi connectivity index (χ4n) is 1.84. The molecule has 0 saturated carbocycles. The van der Waals surface area contributed by atoms with Crippen molar-refractivity contribution in [2.24, 2.45) is 0 Å². The number of hydrogen-bond donors (Lipinski definition) is 1. The number of rotatable bonds is 5. The summed E-state index contributed by atoms with van der Waals surface area (Å²) < 4.78 is 1.31. The van der Waals surface area contributed by atoms with Crippen molar-refractivity contribution in [3.8, 4) is 0 Å². The lowest BCUT2D eigenvalue weighted by atomic mass is 10.2. The number of aromatic nitrogens is 2. The van der Waals surface area contributed by atoms with E-state index in [1.54, 1.807) is 0 Å². The number of hydrogen-bond acceptors (Lipinski definition) is 3. The Morgan fingerprint density at radius 3 is 2.62 bits per heavy atom. The van der Waals surface area contributed by atoms with Crippen LogP contribution in [-0.4, -0.2) is 21.7 Å². The molecule has 0 fully saturated rings. The molecule has 1 aromatic heterocycles. The molecule has 0 radical (unpaired) electrons. The Morgan fingerprint density at radius 1 is 1.24 bits per heavy atom. The van der Waals surface area contributed by atoms with Gasteiger partial charge in [0.05, 0.1) is 6.54 Å². The molecule has 1 N–H and O–H groups in total. The highest BCUT2D eigenvalue weighted by molar-refractivity contribution is 5.92. The van der Waals surface area contributed by atoms with E-state index in [9.17, 15) is 9.59 Å². The van der Waals surface area contributed by atoms with Gasteiger partial charge in [0, 0.05) is 12.1 Å². The Morgan fingerprint density at radius 2 is 1.95 bits per heavy atom. The molecule has 0 aliphatic heterocycles. The van der Waals surface area contributed by atoms with Gasteiger partial charge in [0.25, 0.3) is 11.5 Å². The number of carbonyl (C=O) groups is 1. The van der Waals surface area contributed by atoms with E-state index in [1.165, 1.54) is 16.8 Å². The first-order valence-corrected chi connectivity index (χ1v) is 7.03. The minimum atomic E-state index is -0.258. The molecule has 1 atom stereocenters. The zero-order valence-corrected chi connectivity index (χ0v) is 12.2. The van der Waals surface area contributed by atoms with E-state index in [2.05, 4.69) is 10.4 Å². The first-order chi connectivity index (χ1) is 10.1. The van der Waals surface area contributed by atoms with Gasteiger partial charge < -0.3 is 5.32 Å². The van der Waals surface area contributed by atoms with Gasteiger partial charge in [0.1, 0.15) is 5.69 Å². The van der Waals surface area contributed by atoms with Crippen LogP contribution in [0.5, 0.6) is 0 Å². The highest BCUT2D eigenvalue weighted by atomic mass is 16.2. The molecule has 5 heteroatoms. The third kappa shape index (κ3) is 4.02. The Hall–Kier alpha value is -2.43. The van der Waals surface area contributed by atoms with Gasteiger partial charge in [-0.2, -0.15) is 5.10 Å². The fraction of sp³-hybridized carbons (Fsp3) is 0.312. The lowest BCUT2D eigenvalue weighted by Gasteiger charge is -2.11. The van der Waals surface area contributed by atoms with Gasteiger partial charge in [-0.25, -0.2) is 4.68 Å². The van der Waals surface area contributed by atoms with Crippen molar-refractivity contribution in [1.29, 1.82) is 0 Å². The summed E-state index contributed by atoms with van der Waals surface area (Å²) in [6, 6.07) is 12.5.